The highest BCUT2D eigenvalue weighted by Gasteiger charge is 2.21. The third-order valence-corrected chi connectivity index (χ3v) is 7.83. The van der Waals surface area contributed by atoms with E-state index in [-0.39, 0.29) is 5.91 Å². The van der Waals surface area contributed by atoms with Crippen molar-refractivity contribution >= 4 is 56.0 Å². The van der Waals surface area contributed by atoms with Crippen molar-refractivity contribution < 1.29 is 4.79 Å². The molecule has 0 aliphatic heterocycles. The number of aryl methyl sites for hydroxylation is 2. The monoisotopic (exact) mass is 480 g/mol. The molecule has 4 aromatic rings. The lowest BCUT2D eigenvalue weighted by molar-refractivity contribution is -0.118. The summed E-state index contributed by atoms with van der Waals surface area (Å²) in [5, 5.41) is 1.42. The van der Waals surface area contributed by atoms with Crippen LogP contribution >= 0.6 is 34.7 Å². The zero-order chi connectivity index (χ0) is 22.5. The standard InChI is InChI=1S/C26H25ClN2OS2/c1-18-10-12-21(13-11-18)31-16-6-9-24(30)29(17-20-7-4-3-5-8-20)26-28-25-19(2)22(27)14-15-23(25)32-26/h3-5,7-8,10-15H,6,9,16-17H2,1-2H3. The number of rotatable bonds is 8. The highest BCUT2D eigenvalue weighted by molar-refractivity contribution is 7.99. The normalized spacial score (nSPS) is 11.1. The molecule has 3 aromatic carbocycles. The van der Waals surface area contributed by atoms with Crippen molar-refractivity contribution in [3.05, 3.63) is 88.4 Å². The molecule has 1 aromatic heterocycles. The Morgan fingerprint density at radius 3 is 2.53 bits per heavy atom. The van der Waals surface area contributed by atoms with Gasteiger partial charge in [0, 0.05) is 16.3 Å². The van der Waals surface area contributed by atoms with E-state index in [0.717, 1.165) is 38.6 Å². The molecule has 0 N–H and O–H groups in total. The third-order valence-electron chi connectivity index (χ3n) is 5.28. The molecule has 1 amide bonds. The van der Waals surface area contributed by atoms with Gasteiger partial charge in [0.1, 0.15) is 0 Å². The summed E-state index contributed by atoms with van der Waals surface area (Å²) in [6.07, 6.45) is 1.31. The first-order valence-electron chi connectivity index (χ1n) is 10.6. The molecule has 6 heteroatoms. The Morgan fingerprint density at radius 2 is 1.78 bits per heavy atom. The predicted molar refractivity (Wildman–Crippen MR) is 138 cm³/mol. The first-order chi connectivity index (χ1) is 15.5. The summed E-state index contributed by atoms with van der Waals surface area (Å²) in [7, 11) is 0. The minimum Gasteiger partial charge on any atom is -0.284 e. The number of aromatic nitrogens is 1. The lowest BCUT2D eigenvalue weighted by Gasteiger charge is -2.20. The van der Waals surface area contributed by atoms with Crippen molar-refractivity contribution in [2.75, 3.05) is 10.7 Å². The van der Waals surface area contributed by atoms with E-state index in [0.29, 0.717) is 18.0 Å². The summed E-state index contributed by atoms with van der Waals surface area (Å²) in [6, 6.07) is 22.5. The smallest absolute Gasteiger partial charge is 0.229 e. The Morgan fingerprint density at radius 1 is 1.03 bits per heavy atom. The molecule has 0 saturated carbocycles. The highest BCUT2D eigenvalue weighted by Crippen LogP contribution is 2.34. The van der Waals surface area contributed by atoms with E-state index in [1.165, 1.54) is 10.5 Å². The average Bonchev–Trinajstić information content (AvgIpc) is 3.24. The highest BCUT2D eigenvalue weighted by atomic mass is 35.5. The largest absolute Gasteiger partial charge is 0.284 e. The van der Waals surface area contributed by atoms with Gasteiger partial charge in [-0.25, -0.2) is 4.98 Å². The molecule has 164 valence electrons. The summed E-state index contributed by atoms with van der Waals surface area (Å²) in [6.45, 7) is 4.57. The van der Waals surface area contributed by atoms with Crippen LogP contribution in [0.25, 0.3) is 10.2 Å². The number of carbonyl (C=O) groups is 1. The zero-order valence-corrected chi connectivity index (χ0v) is 20.6. The fourth-order valence-corrected chi connectivity index (χ4v) is 5.46. The van der Waals surface area contributed by atoms with Crippen LogP contribution in [0.15, 0.2) is 71.6 Å². The number of thiazole rings is 1. The van der Waals surface area contributed by atoms with Gasteiger partial charge in [-0.3, -0.25) is 9.69 Å². The average molecular weight is 481 g/mol. The molecule has 0 fully saturated rings. The van der Waals surface area contributed by atoms with Crippen LogP contribution in [0.3, 0.4) is 0 Å². The van der Waals surface area contributed by atoms with Crippen LogP contribution in [0.2, 0.25) is 5.02 Å². The molecular weight excluding hydrogens is 456 g/mol. The van der Waals surface area contributed by atoms with Gasteiger partial charge in [-0.1, -0.05) is 71.0 Å². The molecule has 32 heavy (non-hydrogen) atoms. The van der Waals surface area contributed by atoms with E-state index in [2.05, 4.69) is 31.2 Å². The van der Waals surface area contributed by atoms with Gasteiger partial charge in [0.2, 0.25) is 5.91 Å². The lowest BCUT2D eigenvalue weighted by atomic mass is 10.2. The number of nitrogens with zero attached hydrogens (tertiary/aromatic N) is 2. The van der Waals surface area contributed by atoms with E-state index in [4.69, 9.17) is 16.6 Å². The first kappa shape index (κ1) is 22.8. The van der Waals surface area contributed by atoms with Crippen molar-refractivity contribution in [2.24, 2.45) is 0 Å². The molecular formula is C26H25ClN2OS2. The molecule has 0 radical (unpaired) electrons. The molecule has 4 rings (SSSR count). The summed E-state index contributed by atoms with van der Waals surface area (Å²) in [5.74, 6) is 1.00. The second-order valence-electron chi connectivity index (χ2n) is 7.75. The van der Waals surface area contributed by atoms with Crippen molar-refractivity contribution in [3.8, 4) is 0 Å². The number of fused-ring (bicyclic) bond motifs is 1. The van der Waals surface area contributed by atoms with Crippen LogP contribution in [0.5, 0.6) is 0 Å². The van der Waals surface area contributed by atoms with Gasteiger partial charge in [-0.15, -0.1) is 11.8 Å². The molecule has 0 aliphatic rings. The van der Waals surface area contributed by atoms with Gasteiger partial charge in [-0.2, -0.15) is 0 Å². The van der Waals surface area contributed by atoms with E-state index in [1.807, 2.05) is 54.3 Å². The number of halogens is 1. The van der Waals surface area contributed by atoms with Gasteiger partial charge >= 0.3 is 0 Å². The maximum atomic E-state index is 13.3. The number of hydrogen-bond donors (Lipinski definition) is 0. The van der Waals surface area contributed by atoms with Gasteiger partial charge in [0.25, 0.3) is 0 Å². The maximum absolute atomic E-state index is 13.3. The molecule has 0 aliphatic carbocycles. The van der Waals surface area contributed by atoms with E-state index in [9.17, 15) is 4.79 Å². The van der Waals surface area contributed by atoms with E-state index < -0.39 is 0 Å². The summed E-state index contributed by atoms with van der Waals surface area (Å²) in [4.78, 5) is 21.2. The SMILES string of the molecule is Cc1ccc(SCCCC(=O)N(Cc2ccccc2)c2nc3c(C)c(Cl)ccc3s2)cc1. The second kappa shape index (κ2) is 10.5. The number of thioether (sulfide) groups is 1. The summed E-state index contributed by atoms with van der Waals surface area (Å²) >= 11 is 9.63. The Labute approximate surface area is 202 Å². The Hall–Kier alpha value is -2.34. The van der Waals surface area contributed by atoms with Crippen LogP contribution in [-0.4, -0.2) is 16.6 Å². The Bertz CT molecular complexity index is 1210. The molecule has 0 spiro atoms. The van der Waals surface area contributed by atoms with Gasteiger partial charge < -0.3 is 0 Å². The van der Waals surface area contributed by atoms with Gasteiger partial charge in [-0.05, 0) is 61.4 Å². The van der Waals surface area contributed by atoms with Crippen LogP contribution in [0.4, 0.5) is 5.13 Å². The third kappa shape index (κ3) is 5.52. The van der Waals surface area contributed by atoms with E-state index >= 15 is 0 Å². The fraction of sp³-hybridized carbons (Fsp3) is 0.231. The molecule has 0 saturated heterocycles. The second-order valence-corrected chi connectivity index (χ2v) is 10.3. The molecule has 0 bridgehead atoms. The summed E-state index contributed by atoms with van der Waals surface area (Å²) < 4.78 is 1.04. The van der Waals surface area contributed by atoms with Crippen LogP contribution in [0.1, 0.15) is 29.5 Å². The number of anilines is 1. The van der Waals surface area contributed by atoms with Crippen molar-refractivity contribution in [1.82, 2.24) is 4.98 Å². The number of amides is 1. The first-order valence-corrected chi connectivity index (χ1v) is 12.8. The van der Waals surface area contributed by atoms with Gasteiger partial charge in [0.15, 0.2) is 5.13 Å². The fourth-order valence-electron chi connectivity index (χ4n) is 3.42. The molecule has 3 nitrogen and oxygen atoms in total. The van der Waals surface area contributed by atoms with Crippen molar-refractivity contribution in [3.63, 3.8) is 0 Å². The number of benzene rings is 3. The van der Waals surface area contributed by atoms with Crippen molar-refractivity contribution in [2.45, 2.75) is 38.1 Å². The minimum atomic E-state index is 0.0983. The topological polar surface area (TPSA) is 33.2 Å². The van der Waals surface area contributed by atoms with Crippen molar-refractivity contribution in [1.29, 1.82) is 0 Å². The van der Waals surface area contributed by atoms with Crippen LogP contribution in [-0.2, 0) is 11.3 Å². The number of hydrogen-bond acceptors (Lipinski definition) is 4. The lowest BCUT2D eigenvalue weighted by Crippen LogP contribution is -2.30. The maximum Gasteiger partial charge on any atom is 0.229 e. The Kier molecular flexibility index (Phi) is 7.51. The minimum absolute atomic E-state index is 0.0983. The Balaban J connectivity index is 1.49. The molecule has 1 heterocycles. The zero-order valence-electron chi connectivity index (χ0n) is 18.2. The van der Waals surface area contributed by atoms with Crippen LogP contribution < -0.4 is 4.90 Å². The quantitative estimate of drug-likeness (QED) is 0.191. The number of carbonyl (C=O) groups excluding carboxylic acids is 1. The van der Waals surface area contributed by atoms with Gasteiger partial charge in [0.05, 0.1) is 16.8 Å². The predicted octanol–water partition coefficient (Wildman–Crippen LogP) is 7.67. The van der Waals surface area contributed by atoms with Crippen LogP contribution in [0, 0.1) is 13.8 Å². The molecule has 0 unspecified atom stereocenters. The summed E-state index contributed by atoms with van der Waals surface area (Å²) in [5.41, 5.74) is 4.17. The van der Waals surface area contributed by atoms with E-state index in [1.54, 1.807) is 23.1 Å². The molecule has 0 atom stereocenters.